The Labute approximate surface area is 169 Å². The number of thiazole rings is 1. The van der Waals surface area contributed by atoms with E-state index in [9.17, 15) is 19.7 Å². The predicted molar refractivity (Wildman–Crippen MR) is 106 cm³/mol. The highest BCUT2D eigenvalue weighted by molar-refractivity contribution is 7.13. The van der Waals surface area contributed by atoms with Crippen LogP contribution >= 0.6 is 11.3 Å². The van der Waals surface area contributed by atoms with Crippen molar-refractivity contribution in [1.82, 2.24) is 4.98 Å². The normalized spacial score (nSPS) is 10.4. The van der Waals surface area contributed by atoms with E-state index in [2.05, 4.69) is 9.72 Å². The second kappa shape index (κ2) is 8.61. The molecule has 3 aromatic rings. The maximum absolute atomic E-state index is 12.3. The third kappa shape index (κ3) is 4.82. The number of esters is 2. The number of benzene rings is 2. The van der Waals surface area contributed by atoms with Gasteiger partial charge >= 0.3 is 11.9 Å². The van der Waals surface area contributed by atoms with Gasteiger partial charge in [-0.05, 0) is 13.0 Å². The third-order valence-electron chi connectivity index (χ3n) is 3.99. The minimum atomic E-state index is -0.802. The number of carbonyl (C=O) groups is 2. The fraction of sp³-hybridized carbons (Fsp3) is 0.150. The Morgan fingerprint density at radius 1 is 1.10 bits per heavy atom. The quantitative estimate of drug-likeness (QED) is 0.339. The lowest BCUT2D eigenvalue weighted by atomic mass is 10.1. The van der Waals surface area contributed by atoms with Crippen LogP contribution < -0.4 is 0 Å². The molecule has 148 valence electrons. The topological polar surface area (TPSA) is 109 Å². The van der Waals surface area contributed by atoms with Gasteiger partial charge in [0.05, 0.1) is 28.9 Å². The molecule has 0 aliphatic rings. The maximum atomic E-state index is 12.3. The van der Waals surface area contributed by atoms with E-state index in [0.29, 0.717) is 5.69 Å². The van der Waals surface area contributed by atoms with Crippen LogP contribution in [-0.4, -0.2) is 29.0 Å². The van der Waals surface area contributed by atoms with E-state index < -0.39 is 22.5 Å². The minimum Gasteiger partial charge on any atom is -0.465 e. The van der Waals surface area contributed by atoms with Gasteiger partial charge in [0.2, 0.25) is 0 Å². The fourth-order valence-corrected chi connectivity index (χ4v) is 3.31. The number of non-ortho nitro benzene ring substituents is 1. The van der Waals surface area contributed by atoms with Crippen molar-refractivity contribution in [3.05, 3.63) is 80.3 Å². The molecule has 3 rings (SSSR count). The van der Waals surface area contributed by atoms with Crippen molar-refractivity contribution < 1.29 is 24.0 Å². The van der Waals surface area contributed by atoms with E-state index in [4.69, 9.17) is 4.74 Å². The predicted octanol–water partition coefficient (Wildman–Crippen LogP) is 4.17. The van der Waals surface area contributed by atoms with Crippen LogP contribution in [0.4, 0.5) is 5.69 Å². The van der Waals surface area contributed by atoms with Crippen LogP contribution in [0.1, 0.15) is 32.0 Å². The van der Waals surface area contributed by atoms with Gasteiger partial charge in [0.25, 0.3) is 5.69 Å². The number of hydrogen-bond acceptors (Lipinski definition) is 8. The summed E-state index contributed by atoms with van der Waals surface area (Å²) in [4.78, 5) is 38.9. The zero-order valence-electron chi connectivity index (χ0n) is 15.6. The standard InChI is InChI=1S/C20H16N2O6S/c1-12-3-5-13(6-4-12)18-21-16(11-29-18)10-28-20(24)15-7-14(19(23)27-2)8-17(9-15)22(25)26/h3-9,11H,10H2,1-2H3. The number of nitro groups is 1. The van der Waals surface area contributed by atoms with Crippen LogP contribution in [0.25, 0.3) is 10.6 Å². The van der Waals surface area contributed by atoms with Crippen LogP contribution in [0.3, 0.4) is 0 Å². The molecule has 2 aromatic carbocycles. The van der Waals surface area contributed by atoms with Crippen molar-refractivity contribution in [2.24, 2.45) is 0 Å². The molecule has 29 heavy (non-hydrogen) atoms. The average Bonchev–Trinajstić information content (AvgIpc) is 3.20. The summed E-state index contributed by atoms with van der Waals surface area (Å²) in [6.07, 6.45) is 0. The highest BCUT2D eigenvalue weighted by Gasteiger charge is 2.19. The second-order valence-electron chi connectivity index (χ2n) is 6.10. The summed E-state index contributed by atoms with van der Waals surface area (Å²) < 4.78 is 9.78. The summed E-state index contributed by atoms with van der Waals surface area (Å²) in [6.45, 7) is 1.90. The van der Waals surface area contributed by atoms with Gasteiger partial charge in [-0.25, -0.2) is 14.6 Å². The van der Waals surface area contributed by atoms with Gasteiger partial charge in [0.15, 0.2) is 0 Å². The lowest BCUT2D eigenvalue weighted by Crippen LogP contribution is -2.09. The maximum Gasteiger partial charge on any atom is 0.338 e. The average molecular weight is 412 g/mol. The Morgan fingerprint density at radius 3 is 2.38 bits per heavy atom. The van der Waals surface area contributed by atoms with Gasteiger partial charge in [-0.2, -0.15) is 0 Å². The molecule has 1 aromatic heterocycles. The van der Waals surface area contributed by atoms with E-state index in [1.807, 2.05) is 31.2 Å². The molecule has 0 radical (unpaired) electrons. The molecule has 0 aliphatic carbocycles. The summed E-state index contributed by atoms with van der Waals surface area (Å²) in [5.41, 5.74) is 2.02. The first-order valence-electron chi connectivity index (χ1n) is 8.43. The Bertz CT molecular complexity index is 1070. The molecule has 0 N–H and O–H groups in total. The van der Waals surface area contributed by atoms with Crippen LogP contribution in [-0.2, 0) is 16.1 Å². The smallest absolute Gasteiger partial charge is 0.338 e. The summed E-state index contributed by atoms with van der Waals surface area (Å²) >= 11 is 1.42. The largest absolute Gasteiger partial charge is 0.465 e. The second-order valence-corrected chi connectivity index (χ2v) is 6.96. The number of nitrogens with zero attached hydrogens (tertiary/aromatic N) is 2. The Kier molecular flexibility index (Phi) is 5.99. The highest BCUT2D eigenvalue weighted by Crippen LogP contribution is 2.25. The van der Waals surface area contributed by atoms with Crippen molar-refractivity contribution in [3.8, 4) is 10.6 Å². The van der Waals surface area contributed by atoms with E-state index in [-0.39, 0.29) is 17.7 Å². The third-order valence-corrected chi connectivity index (χ3v) is 4.93. The first-order chi connectivity index (χ1) is 13.9. The number of aromatic nitrogens is 1. The van der Waals surface area contributed by atoms with Gasteiger partial charge in [0.1, 0.15) is 11.6 Å². The summed E-state index contributed by atoms with van der Waals surface area (Å²) in [5, 5.41) is 13.6. The molecular weight excluding hydrogens is 396 g/mol. The minimum absolute atomic E-state index is 0.0998. The van der Waals surface area contributed by atoms with Crippen LogP contribution in [0, 0.1) is 17.0 Å². The lowest BCUT2D eigenvalue weighted by molar-refractivity contribution is -0.384. The summed E-state index contributed by atoms with van der Waals surface area (Å²) in [7, 11) is 1.15. The number of hydrogen-bond donors (Lipinski definition) is 0. The van der Waals surface area contributed by atoms with E-state index in [0.717, 1.165) is 35.4 Å². The number of ether oxygens (including phenoxy) is 2. The zero-order valence-corrected chi connectivity index (χ0v) is 16.4. The Hall–Kier alpha value is -3.59. The molecule has 0 saturated heterocycles. The van der Waals surface area contributed by atoms with Crippen molar-refractivity contribution in [1.29, 1.82) is 0 Å². The number of carbonyl (C=O) groups excluding carboxylic acids is 2. The van der Waals surface area contributed by atoms with Crippen molar-refractivity contribution >= 4 is 29.0 Å². The molecule has 0 amide bonds. The SMILES string of the molecule is COC(=O)c1cc(C(=O)OCc2csc(-c3ccc(C)cc3)n2)cc([N+](=O)[O-])c1. The molecule has 9 heteroatoms. The van der Waals surface area contributed by atoms with Crippen LogP contribution in [0.2, 0.25) is 0 Å². The molecule has 1 heterocycles. The molecule has 0 unspecified atom stereocenters. The molecule has 0 bridgehead atoms. The summed E-state index contributed by atoms with van der Waals surface area (Å²) in [5.74, 6) is -1.59. The van der Waals surface area contributed by atoms with Crippen molar-refractivity contribution in [3.63, 3.8) is 0 Å². The first kappa shape index (κ1) is 20.2. The molecule has 0 saturated carbocycles. The lowest BCUT2D eigenvalue weighted by Gasteiger charge is -2.05. The van der Waals surface area contributed by atoms with Gasteiger partial charge in [0, 0.05) is 23.1 Å². The molecule has 0 spiro atoms. The summed E-state index contributed by atoms with van der Waals surface area (Å²) in [6, 6.07) is 11.2. The van der Waals surface area contributed by atoms with Crippen LogP contribution in [0.5, 0.6) is 0 Å². The van der Waals surface area contributed by atoms with E-state index in [1.54, 1.807) is 5.38 Å². The van der Waals surface area contributed by atoms with Crippen LogP contribution in [0.15, 0.2) is 47.8 Å². The molecule has 0 atom stereocenters. The van der Waals surface area contributed by atoms with Crippen molar-refractivity contribution in [2.75, 3.05) is 7.11 Å². The Morgan fingerprint density at radius 2 is 1.76 bits per heavy atom. The number of methoxy groups -OCH3 is 1. The first-order valence-corrected chi connectivity index (χ1v) is 9.31. The monoisotopic (exact) mass is 412 g/mol. The van der Waals surface area contributed by atoms with Gasteiger partial charge < -0.3 is 9.47 Å². The van der Waals surface area contributed by atoms with Crippen molar-refractivity contribution in [2.45, 2.75) is 13.5 Å². The molecule has 8 nitrogen and oxygen atoms in total. The Balaban J connectivity index is 1.74. The molecule has 0 aliphatic heterocycles. The zero-order chi connectivity index (χ0) is 21.0. The van der Waals surface area contributed by atoms with Gasteiger partial charge in [-0.3, -0.25) is 10.1 Å². The number of aryl methyl sites for hydroxylation is 1. The number of rotatable bonds is 6. The number of nitro benzene ring substituents is 1. The van der Waals surface area contributed by atoms with Gasteiger partial charge in [-0.1, -0.05) is 29.8 Å². The molecular formula is C20H16N2O6S. The van der Waals surface area contributed by atoms with E-state index in [1.165, 1.54) is 17.4 Å². The fourth-order valence-electron chi connectivity index (χ4n) is 2.49. The van der Waals surface area contributed by atoms with Gasteiger partial charge in [-0.15, -0.1) is 11.3 Å². The molecule has 0 fully saturated rings. The highest BCUT2D eigenvalue weighted by atomic mass is 32.1. The van der Waals surface area contributed by atoms with E-state index >= 15 is 0 Å².